The standard InChI is InChI=1S/C20H14N4O5S/c25-18(26)13-10-30-17(21-13)11-5-6-16-14(9-11)24(7-8-28-16)20(27)23-19-22-12-3-1-2-4-15(12)29-19/h1-6,9-10H,7-8H2,(H,25,26)(H,22,23,27). The fraction of sp³-hybridized carbons (Fsp3) is 0.100. The molecular weight excluding hydrogens is 408 g/mol. The molecule has 0 saturated carbocycles. The summed E-state index contributed by atoms with van der Waals surface area (Å²) in [6, 6.07) is 12.2. The van der Waals surface area contributed by atoms with E-state index < -0.39 is 12.0 Å². The van der Waals surface area contributed by atoms with E-state index in [-0.39, 0.29) is 11.7 Å². The van der Waals surface area contributed by atoms with Crippen molar-refractivity contribution in [1.29, 1.82) is 0 Å². The number of aromatic carboxylic acids is 1. The molecule has 0 unspecified atom stereocenters. The van der Waals surface area contributed by atoms with E-state index in [1.165, 1.54) is 21.6 Å². The minimum absolute atomic E-state index is 0.0190. The number of amides is 2. The number of carbonyl (C=O) groups excluding carboxylic acids is 1. The Bertz CT molecular complexity index is 1250. The number of carboxylic acids is 1. The Morgan fingerprint density at radius 3 is 2.83 bits per heavy atom. The highest BCUT2D eigenvalue weighted by Crippen LogP contribution is 2.37. The first-order valence-corrected chi connectivity index (χ1v) is 9.86. The van der Waals surface area contributed by atoms with Crippen molar-refractivity contribution in [2.24, 2.45) is 0 Å². The number of ether oxygens (including phenoxy) is 1. The molecule has 2 amide bonds. The van der Waals surface area contributed by atoms with Gasteiger partial charge in [-0.05, 0) is 30.3 Å². The van der Waals surface area contributed by atoms with Crippen LogP contribution in [-0.4, -0.2) is 40.2 Å². The molecule has 10 heteroatoms. The summed E-state index contributed by atoms with van der Waals surface area (Å²) in [5, 5.41) is 13.8. The molecule has 0 saturated heterocycles. The SMILES string of the molecule is O=C(O)c1csc(-c2ccc3c(c2)N(C(=O)Nc2nc4ccccc4o2)CCO3)n1. The van der Waals surface area contributed by atoms with Crippen molar-refractivity contribution in [3.63, 3.8) is 0 Å². The molecule has 0 radical (unpaired) electrons. The average molecular weight is 422 g/mol. The lowest BCUT2D eigenvalue weighted by molar-refractivity contribution is 0.0691. The van der Waals surface area contributed by atoms with Crippen molar-refractivity contribution >= 4 is 46.1 Å². The largest absolute Gasteiger partial charge is 0.490 e. The zero-order valence-corrected chi connectivity index (χ0v) is 16.2. The minimum atomic E-state index is -1.09. The lowest BCUT2D eigenvalue weighted by atomic mass is 10.1. The predicted molar refractivity (Wildman–Crippen MR) is 110 cm³/mol. The fourth-order valence-electron chi connectivity index (χ4n) is 3.15. The molecule has 0 atom stereocenters. The molecule has 5 rings (SSSR count). The number of para-hydroxylation sites is 2. The molecule has 30 heavy (non-hydrogen) atoms. The molecule has 0 fully saturated rings. The van der Waals surface area contributed by atoms with Crippen LogP contribution >= 0.6 is 11.3 Å². The number of hydrogen-bond donors (Lipinski definition) is 2. The number of carbonyl (C=O) groups is 2. The number of fused-ring (bicyclic) bond motifs is 2. The normalized spacial score (nSPS) is 13.0. The molecule has 2 N–H and O–H groups in total. The molecule has 150 valence electrons. The summed E-state index contributed by atoms with van der Waals surface area (Å²) in [5.74, 6) is -0.536. The van der Waals surface area contributed by atoms with Crippen LogP contribution in [0.25, 0.3) is 21.7 Å². The van der Waals surface area contributed by atoms with Gasteiger partial charge in [-0.25, -0.2) is 14.6 Å². The van der Waals surface area contributed by atoms with E-state index >= 15 is 0 Å². The Morgan fingerprint density at radius 2 is 2.03 bits per heavy atom. The Kier molecular flexibility index (Phi) is 4.32. The zero-order chi connectivity index (χ0) is 20.7. The number of nitrogens with one attached hydrogen (secondary N) is 1. The molecule has 0 spiro atoms. The van der Waals surface area contributed by atoms with Crippen LogP contribution in [0.2, 0.25) is 0 Å². The van der Waals surface area contributed by atoms with Crippen molar-refractivity contribution < 1.29 is 23.8 Å². The number of hydrogen-bond acceptors (Lipinski definition) is 7. The molecule has 2 aromatic carbocycles. The first kappa shape index (κ1) is 18.1. The lowest BCUT2D eigenvalue weighted by Gasteiger charge is -2.29. The van der Waals surface area contributed by atoms with Gasteiger partial charge in [-0.3, -0.25) is 10.2 Å². The molecule has 4 aromatic rings. The van der Waals surface area contributed by atoms with Crippen LogP contribution in [0.15, 0.2) is 52.3 Å². The highest BCUT2D eigenvalue weighted by molar-refractivity contribution is 7.13. The third-order valence-corrected chi connectivity index (χ3v) is 5.44. The summed E-state index contributed by atoms with van der Waals surface area (Å²) < 4.78 is 11.2. The Labute approximate surface area is 173 Å². The molecule has 1 aliphatic rings. The van der Waals surface area contributed by atoms with E-state index in [2.05, 4.69) is 15.3 Å². The number of oxazole rings is 1. The number of aromatic nitrogens is 2. The van der Waals surface area contributed by atoms with Gasteiger partial charge in [-0.1, -0.05) is 12.1 Å². The van der Waals surface area contributed by atoms with Gasteiger partial charge in [0.25, 0.3) is 0 Å². The van der Waals surface area contributed by atoms with E-state index in [1.807, 2.05) is 12.1 Å². The smallest absolute Gasteiger partial charge is 0.355 e. The number of urea groups is 1. The van der Waals surface area contributed by atoms with E-state index in [4.69, 9.17) is 14.3 Å². The van der Waals surface area contributed by atoms with Gasteiger partial charge in [-0.2, -0.15) is 4.98 Å². The van der Waals surface area contributed by atoms with Crippen molar-refractivity contribution in [1.82, 2.24) is 9.97 Å². The maximum absolute atomic E-state index is 12.9. The second kappa shape index (κ2) is 7.16. The average Bonchev–Trinajstić information content (AvgIpc) is 3.40. The van der Waals surface area contributed by atoms with Gasteiger partial charge < -0.3 is 14.3 Å². The molecule has 9 nitrogen and oxygen atoms in total. The second-order valence-electron chi connectivity index (χ2n) is 6.44. The van der Waals surface area contributed by atoms with Gasteiger partial charge >= 0.3 is 18.0 Å². The van der Waals surface area contributed by atoms with Gasteiger partial charge in [0.2, 0.25) is 0 Å². The topological polar surface area (TPSA) is 118 Å². The number of thiazole rings is 1. The number of nitrogens with zero attached hydrogens (tertiary/aromatic N) is 3. The third-order valence-electron chi connectivity index (χ3n) is 4.55. The van der Waals surface area contributed by atoms with Gasteiger partial charge in [0.1, 0.15) is 22.9 Å². The van der Waals surface area contributed by atoms with Crippen molar-refractivity contribution in [3.05, 3.63) is 53.5 Å². The van der Waals surface area contributed by atoms with Gasteiger partial charge in [0.15, 0.2) is 11.3 Å². The zero-order valence-electron chi connectivity index (χ0n) is 15.4. The van der Waals surface area contributed by atoms with E-state index in [1.54, 1.807) is 30.3 Å². The van der Waals surface area contributed by atoms with Gasteiger partial charge in [-0.15, -0.1) is 11.3 Å². The van der Waals surface area contributed by atoms with Gasteiger partial charge in [0, 0.05) is 10.9 Å². The summed E-state index contributed by atoms with van der Waals surface area (Å²) in [6.45, 7) is 0.675. The van der Waals surface area contributed by atoms with Crippen LogP contribution in [-0.2, 0) is 0 Å². The maximum Gasteiger partial charge on any atom is 0.355 e. The monoisotopic (exact) mass is 422 g/mol. The molecular formula is C20H14N4O5S. The molecule has 2 aromatic heterocycles. The highest BCUT2D eigenvalue weighted by Gasteiger charge is 2.26. The van der Waals surface area contributed by atoms with Crippen molar-refractivity contribution in [2.45, 2.75) is 0 Å². The quantitative estimate of drug-likeness (QED) is 0.511. The highest BCUT2D eigenvalue weighted by atomic mass is 32.1. The molecule has 3 heterocycles. The first-order valence-electron chi connectivity index (χ1n) is 8.98. The van der Waals surface area contributed by atoms with E-state index in [0.717, 1.165) is 0 Å². The third kappa shape index (κ3) is 3.22. The second-order valence-corrected chi connectivity index (χ2v) is 7.30. The number of rotatable bonds is 3. The van der Waals surface area contributed by atoms with E-state index in [9.17, 15) is 9.59 Å². The van der Waals surface area contributed by atoms with Crippen LogP contribution in [0.4, 0.5) is 16.5 Å². The first-order chi connectivity index (χ1) is 14.6. The Balaban J connectivity index is 1.44. The summed E-state index contributed by atoms with van der Waals surface area (Å²) >= 11 is 1.22. The Morgan fingerprint density at radius 1 is 1.17 bits per heavy atom. The van der Waals surface area contributed by atoms with Crippen LogP contribution < -0.4 is 15.0 Å². The summed E-state index contributed by atoms with van der Waals surface area (Å²) in [4.78, 5) is 33.9. The minimum Gasteiger partial charge on any atom is -0.490 e. The van der Waals surface area contributed by atoms with Crippen LogP contribution in [0.3, 0.4) is 0 Å². The van der Waals surface area contributed by atoms with Crippen LogP contribution in [0, 0.1) is 0 Å². The van der Waals surface area contributed by atoms with Crippen LogP contribution in [0.5, 0.6) is 5.75 Å². The number of anilines is 2. The number of benzene rings is 2. The summed E-state index contributed by atoms with van der Waals surface area (Å²) in [7, 11) is 0. The fourth-order valence-corrected chi connectivity index (χ4v) is 3.94. The predicted octanol–water partition coefficient (Wildman–Crippen LogP) is 4.08. The van der Waals surface area contributed by atoms with Gasteiger partial charge in [0.05, 0.1) is 12.2 Å². The summed E-state index contributed by atoms with van der Waals surface area (Å²) in [5.41, 5.74) is 2.45. The van der Waals surface area contributed by atoms with Crippen molar-refractivity contribution in [3.8, 4) is 16.3 Å². The lowest BCUT2D eigenvalue weighted by Crippen LogP contribution is -2.40. The Hall–Kier alpha value is -3.92. The van der Waals surface area contributed by atoms with Crippen molar-refractivity contribution in [2.75, 3.05) is 23.4 Å². The van der Waals surface area contributed by atoms with E-state index in [0.29, 0.717) is 46.3 Å². The van der Waals surface area contributed by atoms with Crippen LogP contribution in [0.1, 0.15) is 10.5 Å². The number of carboxylic acid groups (broad SMARTS) is 1. The molecule has 1 aliphatic heterocycles. The molecule has 0 aliphatic carbocycles. The maximum atomic E-state index is 12.9. The molecule has 0 bridgehead atoms. The summed E-state index contributed by atoms with van der Waals surface area (Å²) in [6.07, 6.45) is 0.